The first kappa shape index (κ1) is 28.0. The van der Waals surface area contributed by atoms with Gasteiger partial charge in [-0.2, -0.15) is 0 Å². The number of benzene rings is 3. The minimum absolute atomic E-state index is 0.444. The van der Waals surface area contributed by atoms with E-state index in [0.717, 1.165) is 36.1 Å². The largest absolute Gasteiger partial charge is 0.379 e. The fraction of sp³-hybridized carbons (Fsp3) is 0.419. The van der Waals surface area contributed by atoms with E-state index in [4.69, 9.17) is 23.7 Å². The Morgan fingerprint density at radius 1 is 0.444 bits per heavy atom. The molecule has 0 heterocycles. The van der Waals surface area contributed by atoms with Gasteiger partial charge in [-0.3, -0.25) is 0 Å². The summed E-state index contributed by atoms with van der Waals surface area (Å²) in [6.07, 6.45) is 2.25. The second-order valence-electron chi connectivity index (χ2n) is 8.43. The minimum atomic E-state index is -0.721. The Morgan fingerprint density at radius 3 is 1.14 bits per heavy atom. The van der Waals surface area contributed by atoms with Gasteiger partial charge in [0.25, 0.3) is 0 Å². The lowest BCUT2D eigenvalue weighted by Gasteiger charge is -2.36. The van der Waals surface area contributed by atoms with Crippen LogP contribution in [0, 0.1) is 0 Å². The average Bonchev–Trinajstić information content (AvgIpc) is 2.94. The molecule has 0 fully saturated rings. The van der Waals surface area contributed by atoms with Gasteiger partial charge in [0.1, 0.15) is 5.60 Å². The Kier molecular flexibility index (Phi) is 13.2. The highest BCUT2D eigenvalue weighted by Crippen LogP contribution is 2.40. The first-order valence-electron chi connectivity index (χ1n) is 13.0. The standard InChI is InChI=1S/C31H40O5/c1-2-3-19-32-20-21-33-22-23-34-24-25-35-26-27-36-31(28-13-7-4-8-14-28,29-15-9-5-10-16-29)30-17-11-6-12-18-30/h4-18H,2-3,19-27H2,1H3. The Bertz CT molecular complexity index is 821. The predicted molar refractivity (Wildman–Crippen MR) is 143 cm³/mol. The molecule has 0 atom stereocenters. The van der Waals surface area contributed by atoms with Crippen LogP contribution in [0.1, 0.15) is 36.5 Å². The molecule has 0 aliphatic heterocycles. The van der Waals surface area contributed by atoms with Crippen molar-refractivity contribution < 1.29 is 23.7 Å². The lowest BCUT2D eigenvalue weighted by molar-refractivity contribution is -0.0384. The van der Waals surface area contributed by atoms with Crippen LogP contribution in [0.4, 0.5) is 0 Å². The summed E-state index contributed by atoms with van der Waals surface area (Å²) in [4.78, 5) is 0. The first-order valence-corrected chi connectivity index (χ1v) is 13.0. The summed E-state index contributed by atoms with van der Waals surface area (Å²) in [6, 6.07) is 31.1. The number of rotatable bonds is 19. The van der Waals surface area contributed by atoms with E-state index >= 15 is 0 Å². The fourth-order valence-electron chi connectivity index (χ4n) is 4.03. The van der Waals surface area contributed by atoms with Crippen LogP contribution in [-0.2, 0) is 29.3 Å². The van der Waals surface area contributed by atoms with Gasteiger partial charge in [0.2, 0.25) is 0 Å². The maximum Gasteiger partial charge on any atom is 0.143 e. The van der Waals surface area contributed by atoms with Gasteiger partial charge < -0.3 is 23.7 Å². The van der Waals surface area contributed by atoms with Crippen LogP contribution < -0.4 is 0 Å². The second-order valence-corrected chi connectivity index (χ2v) is 8.43. The van der Waals surface area contributed by atoms with Crippen LogP contribution in [0.2, 0.25) is 0 Å². The van der Waals surface area contributed by atoms with Gasteiger partial charge >= 0.3 is 0 Å². The van der Waals surface area contributed by atoms with Gasteiger partial charge in [-0.1, -0.05) is 104 Å². The van der Waals surface area contributed by atoms with E-state index in [9.17, 15) is 0 Å². The monoisotopic (exact) mass is 492 g/mol. The summed E-state index contributed by atoms with van der Waals surface area (Å²) in [5.41, 5.74) is 2.53. The molecule has 0 amide bonds. The van der Waals surface area contributed by atoms with Crippen molar-refractivity contribution in [1.29, 1.82) is 0 Å². The highest BCUT2D eigenvalue weighted by Gasteiger charge is 2.37. The Hall–Kier alpha value is -2.54. The highest BCUT2D eigenvalue weighted by atomic mass is 16.6. The van der Waals surface area contributed by atoms with E-state index in [-0.39, 0.29) is 0 Å². The number of hydrogen-bond acceptors (Lipinski definition) is 5. The molecule has 3 aromatic carbocycles. The molecule has 0 N–H and O–H groups in total. The van der Waals surface area contributed by atoms with Crippen LogP contribution in [0.15, 0.2) is 91.0 Å². The van der Waals surface area contributed by atoms with Gasteiger partial charge in [-0.25, -0.2) is 0 Å². The summed E-state index contributed by atoms with van der Waals surface area (Å²) in [5.74, 6) is 0. The summed E-state index contributed by atoms with van der Waals surface area (Å²) in [7, 11) is 0. The van der Waals surface area contributed by atoms with Crippen molar-refractivity contribution in [2.75, 3.05) is 59.5 Å². The van der Waals surface area contributed by atoms with Crippen LogP contribution in [0.5, 0.6) is 0 Å². The molecule has 0 radical (unpaired) electrons. The molecule has 0 aliphatic carbocycles. The van der Waals surface area contributed by atoms with Crippen LogP contribution >= 0.6 is 0 Å². The van der Waals surface area contributed by atoms with Crippen molar-refractivity contribution in [2.45, 2.75) is 25.4 Å². The topological polar surface area (TPSA) is 46.2 Å². The quantitative estimate of drug-likeness (QED) is 0.155. The fourth-order valence-corrected chi connectivity index (χ4v) is 4.03. The van der Waals surface area contributed by atoms with Crippen LogP contribution in [-0.4, -0.2) is 59.5 Å². The highest BCUT2D eigenvalue weighted by molar-refractivity contribution is 5.47. The molecule has 3 aromatic rings. The zero-order chi connectivity index (χ0) is 25.2. The smallest absolute Gasteiger partial charge is 0.143 e. The Balaban J connectivity index is 1.45. The molecule has 0 saturated carbocycles. The molecule has 0 unspecified atom stereocenters. The summed E-state index contributed by atoms with van der Waals surface area (Å²) in [5, 5.41) is 0. The van der Waals surface area contributed by atoms with Crippen molar-refractivity contribution >= 4 is 0 Å². The number of ether oxygens (including phenoxy) is 5. The van der Waals surface area contributed by atoms with Gasteiger partial charge in [0, 0.05) is 6.61 Å². The average molecular weight is 493 g/mol. The lowest BCUT2D eigenvalue weighted by atomic mass is 9.80. The van der Waals surface area contributed by atoms with Crippen molar-refractivity contribution in [3.05, 3.63) is 108 Å². The van der Waals surface area contributed by atoms with Crippen LogP contribution in [0.25, 0.3) is 0 Å². The molecule has 5 nitrogen and oxygen atoms in total. The van der Waals surface area contributed by atoms with E-state index < -0.39 is 5.60 Å². The maximum atomic E-state index is 6.70. The SMILES string of the molecule is CCCCOCCOCCOCCOCCOC(c1ccccc1)(c1ccccc1)c1ccccc1. The third-order valence-corrected chi connectivity index (χ3v) is 5.85. The summed E-state index contributed by atoms with van der Waals surface area (Å²) in [6.45, 7) is 7.27. The van der Waals surface area contributed by atoms with E-state index in [2.05, 4.69) is 79.7 Å². The first-order chi connectivity index (χ1) is 17.9. The van der Waals surface area contributed by atoms with Crippen molar-refractivity contribution in [2.24, 2.45) is 0 Å². The molecule has 5 heteroatoms. The predicted octanol–water partition coefficient (Wildman–Crippen LogP) is 5.86. The van der Waals surface area contributed by atoms with Crippen molar-refractivity contribution in [3.63, 3.8) is 0 Å². The lowest BCUT2D eigenvalue weighted by Crippen LogP contribution is -2.34. The van der Waals surface area contributed by atoms with Gasteiger partial charge in [-0.05, 0) is 23.1 Å². The molecule has 194 valence electrons. The molecule has 0 aliphatic rings. The van der Waals surface area contributed by atoms with Crippen molar-refractivity contribution in [3.8, 4) is 0 Å². The van der Waals surface area contributed by atoms with Crippen molar-refractivity contribution in [1.82, 2.24) is 0 Å². The molecule has 0 bridgehead atoms. The Labute approximate surface area is 216 Å². The Morgan fingerprint density at radius 2 is 0.778 bits per heavy atom. The summed E-state index contributed by atoms with van der Waals surface area (Å²) < 4.78 is 29.1. The zero-order valence-electron chi connectivity index (χ0n) is 21.5. The number of unbranched alkanes of at least 4 members (excludes halogenated alkanes) is 1. The zero-order valence-corrected chi connectivity index (χ0v) is 21.5. The van der Waals surface area contributed by atoms with Gasteiger partial charge in [0.05, 0.1) is 52.9 Å². The second kappa shape index (κ2) is 17.0. The van der Waals surface area contributed by atoms with E-state index in [1.165, 1.54) is 0 Å². The molecule has 36 heavy (non-hydrogen) atoms. The van der Waals surface area contributed by atoms with Gasteiger partial charge in [-0.15, -0.1) is 0 Å². The number of hydrogen-bond donors (Lipinski definition) is 0. The molecule has 0 saturated heterocycles. The third-order valence-electron chi connectivity index (χ3n) is 5.85. The molecular weight excluding hydrogens is 452 g/mol. The van der Waals surface area contributed by atoms with E-state index in [1.807, 2.05) is 18.2 Å². The molecular formula is C31H40O5. The normalized spacial score (nSPS) is 11.6. The molecule has 3 rings (SSSR count). The third kappa shape index (κ3) is 8.84. The molecule has 0 aromatic heterocycles. The maximum absolute atomic E-state index is 6.70. The summed E-state index contributed by atoms with van der Waals surface area (Å²) >= 11 is 0. The minimum Gasteiger partial charge on any atom is -0.379 e. The van der Waals surface area contributed by atoms with Gasteiger partial charge in [0.15, 0.2) is 0 Å². The molecule has 0 spiro atoms. The van der Waals surface area contributed by atoms with E-state index in [0.29, 0.717) is 52.9 Å². The van der Waals surface area contributed by atoms with E-state index in [1.54, 1.807) is 0 Å². The van der Waals surface area contributed by atoms with Crippen LogP contribution in [0.3, 0.4) is 0 Å².